The van der Waals surface area contributed by atoms with Gasteiger partial charge in [0, 0.05) is 12.7 Å². The van der Waals surface area contributed by atoms with E-state index in [-0.39, 0.29) is 0 Å². The van der Waals surface area contributed by atoms with E-state index < -0.39 is 0 Å². The first-order valence-electron chi connectivity index (χ1n) is 5.58. The van der Waals surface area contributed by atoms with Crippen LogP contribution in [0.3, 0.4) is 0 Å². The van der Waals surface area contributed by atoms with E-state index in [1.165, 1.54) is 0 Å². The number of hydrogen-bond donors (Lipinski definition) is 1. The van der Waals surface area contributed by atoms with Crippen LogP contribution in [-0.4, -0.2) is 14.5 Å². The molecular weight excluding hydrogens is 303 g/mol. The van der Waals surface area contributed by atoms with Crippen LogP contribution in [0.4, 0.5) is 5.82 Å². The Morgan fingerprint density at radius 3 is 2.95 bits per heavy atom. The zero-order chi connectivity index (χ0) is 13.4. The molecule has 3 rings (SSSR count). The second kappa shape index (κ2) is 5.00. The van der Waals surface area contributed by atoms with Gasteiger partial charge in [-0.15, -0.1) is 11.3 Å². The topological polar surface area (TPSA) is 42.7 Å². The van der Waals surface area contributed by atoms with Crippen molar-refractivity contribution >= 4 is 50.6 Å². The Balaban J connectivity index is 1.86. The molecule has 3 heterocycles. The van der Waals surface area contributed by atoms with Gasteiger partial charge in [-0.25, -0.2) is 9.97 Å². The van der Waals surface area contributed by atoms with Gasteiger partial charge in [-0.05, 0) is 17.5 Å². The molecule has 4 nitrogen and oxygen atoms in total. The summed E-state index contributed by atoms with van der Waals surface area (Å²) in [6.07, 6.45) is 1.56. The van der Waals surface area contributed by atoms with Crippen LogP contribution in [0.15, 0.2) is 23.8 Å². The lowest BCUT2D eigenvalue weighted by Gasteiger charge is -2.07. The molecule has 7 heteroatoms. The first-order chi connectivity index (χ1) is 9.16. The van der Waals surface area contributed by atoms with Crippen molar-refractivity contribution in [2.75, 3.05) is 5.32 Å². The van der Waals surface area contributed by atoms with Gasteiger partial charge in [-0.1, -0.05) is 23.2 Å². The van der Waals surface area contributed by atoms with Gasteiger partial charge in [-0.2, -0.15) is 0 Å². The van der Waals surface area contributed by atoms with Crippen LogP contribution >= 0.6 is 34.5 Å². The maximum atomic E-state index is 6.04. The van der Waals surface area contributed by atoms with Crippen LogP contribution in [0, 0.1) is 0 Å². The van der Waals surface area contributed by atoms with Gasteiger partial charge in [0.15, 0.2) is 0 Å². The maximum Gasteiger partial charge on any atom is 0.138 e. The smallest absolute Gasteiger partial charge is 0.138 e. The van der Waals surface area contributed by atoms with Crippen molar-refractivity contribution in [2.45, 2.75) is 6.54 Å². The Hall–Kier alpha value is -1.30. The molecule has 0 radical (unpaired) electrons. The first-order valence-corrected chi connectivity index (χ1v) is 7.22. The molecule has 0 amide bonds. The number of aromatic nitrogens is 3. The average Bonchev–Trinajstić information content (AvgIpc) is 2.98. The monoisotopic (exact) mass is 312 g/mol. The minimum absolute atomic E-state index is 0.543. The Labute approximate surface area is 124 Å². The van der Waals surface area contributed by atoms with E-state index in [0.29, 0.717) is 16.7 Å². The highest BCUT2D eigenvalue weighted by Crippen LogP contribution is 2.27. The maximum absolute atomic E-state index is 6.04. The molecule has 0 atom stereocenters. The zero-order valence-corrected chi connectivity index (χ0v) is 12.4. The molecule has 0 aromatic carbocycles. The number of fused-ring (bicyclic) bond motifs is 1. The molecule has 0 bridgehead atoms. The lowest BCUT2D eigenvalue weighted by molar-refractivity contribution is 0.841. The van der Waals surface area contributed by atoms with E-state index >= 15 is 0 Å². The third-order valence-electron chi connectivity index (χ3n) is 2.91. The standard InChI is InChI=1S/C12H10Cl2N4S/c1-18-7(4-9(13)10(18)14)5-15-11-8-2-3-19-12(8)17-6-16-11/h2-4,6H,5H2,1H3,(H,15,16,17). The van der Waals surface area contributed by atoms with Gasteiger partial charge < -0.3 is 9.88 Å². The SMILES string of the molecule is Cn1c(CNc2ncnc3sccc23)cc(Cl)c1Cl. The van der Waals surface area contributed by atoms with Crippen molar-refractivity contribution < 1.29 is 0 Å². The number of halogens is 2. The van der Waals surface area contributed by atoms with Crippen LogP contribution in [0.1, 0.15) is 5.69 Å². The molecule has 0 spiro atoms. The molecule has 1 N–H and O–H groups in total. The second-order valence-corrected chi connectivity index (χ2v) is 5.71. The summed E-state index contributed by atoms with van der Waals surface area (Å²) in [7, 11) is 1.88. The molecule has 0 aliphatic rings. The summed E-state index contributed by atoms with van der Waals surface area (Å²) in [5, 5.41) is 7.42. The Morgan fingerprint density at radius 2 is 2.21 bits per heavy atom. The third-order valence-corrected chi connectivity index (χ3v) is 4.58. The van der Waals surface area contributed by atoms with Gasteiger partial charge >= 0.3 is 0 Å². The first kappa shape index (κ1) is 12.7. The minimum atomic E-state index is 0.543. The molecule has 3 aromatic heterocycles. The highest BCUT2D eigenvalue weighted by molar-refractivity contribution is 7.16. The molecule has 0 saturated heterocycles. The van der Waals surface area contributed by atoms with Crippen molar-refractivity contribution in [1.82, 2.24) is 14.5 Å². The average molecular weight is 313 g/mol. The summed E-state index contributed by atoms with van der Waals surface area (Å²) in [5.41, 5.74) is 0.997. The number of nitrogens with one attached hydrogen (secondary N) is 1. The Morgan fingerprint density at radius 1 is 1.37 bits per heavy atom. The predicted octanol–water partition coefficient (Wildman–Crippen LogP) is 3.95. The van der Waals surface area contributed by atoms with Crippen molar-refractivity contribution in [3.8, 4) is 0 Å². The molecule has 98 valence electrons. The lowest BCUT2D eigenvalue weighted by Crippen LogP contribution is -2.06. The van der Waals surface area contributed by atoms with Crippen LogP contribution < -0.4 is 5.32 Å². The van der Waals surface area contributed by atoms with Crippen molar-refractivity contribution in [3.63, 3.8) is 0 Å². The van der Waals surface area contributed by atoms with E-state index in [0.717, 1.165) is 21.7 Å². The van der Waals surface area contributed by atoms with Gasteiger partial charge in [-0.3, -0.25) is 0 Å². The highest BCUT2D eigenvalue weighted by atomic mass is 35.5. The normalized spacial score (nSPS) is 11.1. The number of anilines is 1. The summed E-state index contributed by atoms with van der Waals surface area (Å²) >= 11 is 13.6. The fourth-order valence-corrected chi connectivity index (χ4v) is 3.01. The summed E-state index contributed by atoms with van der Waals surface area (Å²) in [5.74, 6) is 0.819. The van der Waals surface area contributed by atoms with Crippen molar-refractivity contribution in [2.24, 2.45) is 7.05 Å². The van der Waals surface area contributed by atoms with E-state index in [1.54, 1.807) is 17.7 Å². The molecule has 0 saturated carbocycles. The van der Waals surface area contributed by atoms with Crippen LogP contribution in [0.2, 0.25) is 10.2 Å². The summed E-state index contributed by atoms with van der Waals surface area (Å²) in [6.45, 7) is 0.602. The van der Waals surface area contributed by atoms with E-state index in [4.69, 9.17) is 23.2 Å². The quantitative estimate of drug-likeness (QED) is 0.796. The second-order valence-electron chi connectivity index (χ2n) is 4.05. The van der Waals surface area contributed by atoms with E-state index in [2.05, 4.69) is 15.3 Å². The van der Waals surface area contributed by atoms with E-state index in [9.17, 15) is 0 Å². The summed E-state index contributed by atoms with van der Waals surface area (Å²) in [4.78, 5) is 9.45. The van der Waals surface area contributed by atoms with Crippen molar-refractivity contribution in [1.29, 1.82) is 0 Å². The molecule has 3 aromatic rings. The summed E-state index contributed by atoms with van der Waals surface area (Å²) < 4.78 is 1.85. The molecular formula is C12H10Cl2N4S. The third kappa shape index (κ3) is 2.29. The fourth-order valence-electron chi connectivity index (χ4n) is 1.86. The minimum Gasteiger partial charge on any atom is -0.364 e. The lowest BCUT2D eigenvalue weighted by atomic mass is 10.3. The number of thiophene rings is 1. The largest absolute Gasteiger partial charge is 0.364 e. The van der Waals surface area contributed by atoms with Gasteiger partial charge in [0.1, 0.15) is 22.1 Å². The Bertz CT molecular complexity index is 734. The zero-order valence-electron chi connectivity index (χ0n) is 10.0. The number of rotatable bonds is 3. The van der Waals surface area contributed by atoms with Crippen LogP contribution in [0.25, 0.3) is 10.2 Å². The number of nitrogens with zero attached hydrogens (tertiary/aromatic N) is 3. The molecule has 0 aliphatic heterocycles. The van der Waals surface area contributed by atoms with E-state index in [1.807, 2.05) is 29.1 Å². The predicted molar refractivity (Wildman–Crippen MR) is 80.2 cm³/mol. The fraction of sp³-hybridized carbons (Fsp3) is 0.167. The van der Waals surface area contributed by atoms with Gasteiger partial charge in [0.2, 0.25) is 0 Å². The molecule has 0 fully saturated rings. The summed E-state index contributed by atoms with van der Waals surface area (Å²) in [6, 6.07) is 3.86. The Kier molecular flexibility index (Phi) is 3.35. The molecule has 0 unspecified atom stereocenters. The van der Waals surface area contributed by atoms with Gasteiger partial charge in [0.25, 0.3) is 0 Å². The molecule has 0 aliphatic carbocycles. The van der Waals surface area contributed by atoms with Crippen LogP contribution in [0.5, 0.6) is 0 Å². The van der Waals surface area contributed by atoms with Crippen LogP contribution in [-0.2, 0) is 13.6 Å². The highest BCUT2D eigenvalue weighted by Gasteiger charge is 2.10. The molecule has 19 heavy (non-hydrogen) atoms. The van der Waals surface area contributed by atoms with Gasteiger partial charge in [0.05, 0.1) is 17.0 Å². The number of hydrogen-bond acceptors (Lipinski definition) is 4. The van der Waals surface area contributed by atoms with Crippen molar-refractivity contribution in [3.05, 3.63) is 39.7 Å².